The quantitative estimate of drug-likeness (QED) is 0.946. The van der Waals surface area contributed by atoms with E-state index in [1.807, 2.05) is 18.2 Å². The maximum Gasteiger partial charge on any atom is 0.149 e. The van der Waals surface area contributed by atoms with Gasteiger partial charge in [0, 0.05) is 16.5 Å². The van der Waals surface area contributed by atoms with Gasteiger partial charge in [0.15, 0.2) is 0 Å². The van der Waals surface area contributed by atoms with Gasteiger partial charge >= 0.3 is 0 Å². The highest BCUT2D eigenvalue weighted by Gasteiger charge is 2.09. The van der Waals surface area contributed by atoms with Crippen molar-refractivity contribution >= 4 is 38.9 Å². The lowest BCUT2D eigenvalue weighted by molar-refractivity contribution is 0.913. The van der Waals surface area contributed by atoms with E-state index in [-0.39, 0.29) is 0 Å². The Kier molecular flexibility index (Phi) is 3.91. The van der Waals surface area contributed by atoms with Gasteiger partial charge in [-0.25, -0.2) is 0 Å². The second-order valence-corrected chi connectivity index (χ2v) is 5.55. The van der Waals surface area contributed by atoms with E-state index in [4.69, 9.17) is 17.3 Å². The highest BCUT2D eigenvalue weighted by atomic mass is 79.9. The first-order valence-corrected chi connectivity index (χ1v) is 6.67. The fraction of sp³-hybridized carbons (Fsp3) is 0.200. The summed E-state index contributed by atoms with van der Waals surface area (Å²) in [5, 5.41) is 10.6. The van der Waals surface area contributed by atoms with Gasteiger partial charge < -0.3 is 5.73 Å². The third-order valence-electron chi connectivity index (χ3n) is 1.99. The van der Waals surface area contributed by atoms with Gasteiger partial charge in [-0.05, 0) is 24.7 Å². The van der Waals surface area contributed by atoms with Crippen LogP contribution in [0.5, 0.6) is 0 Å². The van der Waals surface area contributed by atoms with Crippen molar-refractivity contribution in [3.8, 4) is 10.6 Å². The molecule has 0 amide bonds. The average molecular weight is 319 g/mol. The van der Waals surface area contributed by atoms with Crippen LogP contribution < -0.4 is 5.73 Å². The molecule has 1 aromatic heterocycles. The van der Waals surface area contributed by atoms with E-state index in [2.05, 4.69) is 26.1 Å². The minimum Gasteiger partial charge on any atom is -0.330 e. The lowest BCUT2D eigenvalue weighted by atomic mass is 10.2. The molecule has 0 fully saturated rings. The third-order valence-corrected chi connectivity index (χ3v) is 3.81. The SMILES string of the molecule is NCCc1nnc(-c2ccc(Br)cc2Cl)s1. The van der Waals surface area contributed by atoms with Gasteiger partial charge in [-0.2, -0.15) is 0 Å². The number of nitrogens with zero attached hydrogens (tertiary/aromatic N) is 2. The summed E-state index contributed by atoms with van der Waals surface area (Å²) >= 11 is 11.0. The van der Waals surface area contributed by atoms with E-state index in [1.54, 1.807) is 0 Å². The number of nitrogens with two attached hydrogens (primary N) is 1. The molecule has 0 aliphatic rings. The molecule has 0 atom stereocenters. The van der Waals surface area contributed by atoms with Crippen LogP contribution in [0.15, 0.2) is 22.7 Å². The van der Waals surface area contributed by atoms with Crippen LogP contribution in [0.1, 0.15) is 5.01 Å². The first-order valence-electron chi connectivity index (χ1n) is 4.68. The smallest absolute Gasteiger partial charge is 0.149 e. The van der Waals surface area contributed by atoms with Crippen LogP contribution in [-0.4, -0.2) is 16.7 Å². The fourth-order valence-electron chi connectivity index (χ4n) is 1.25. The normalized spacial score (nSPS) is 10.7. The molecular weight excluding hydrogens is 310 g/mol. The summed E-state index contributed by atoms with van der Waals surface area (Å²) in [6.45, 7) is 0.586. The van der Waals surface area contributed by atoms with Gasteiger partial charge in [0.1, 0.15) is 10.0 Å². The third kappa shape index (κ3) is 2.60. The van der Waals surface area contributed by atoms with Gasteiger partial charge in [0.25, 0.3) is 0 Å². The molecule has 1 heterocycles. The fourth-order valence-corrected chi connectivity index (χ4v) is 2.96. The molecule has 0 bridgehead atoms. The summed E-state index contributed by atoms with van der Waals surface area (Å²) in [6.07, 6.45) is 0.756. The van der Waals surface area contributed by atoms with Crippen molar-refractivity contribution in [3.05, 3.63) is 32.7 Å². The van der Waals surface area contributed by atoms with Crippen molar-refractivity contribution in [1.82, 2.24) is 10.2 Å². The van der Waals surface area contributed by atoms with Crippen molar-refractivity contribution in [2.45, 2.75) is 6.42 Å². The molecule has 0 saturated heterocycles. The maximum absolute atomic E-state index is 6.13. The molecule has 2 aromatic rings. The second kappa shape index (κ2) is 5.23. The Morgan fingerprint density at radius 3 is 2.88 bits per heavy atom. The number of hydrogen-bond donors (Lipinski definition) is 1. The highest BCUT2D eigenvalue weighted by molar-refractivity contribution is 9.10. The molecule has 1 aromatic carbocycles. The van der Waals surface area contributed by atoms with Crippen LogP contribution in [0.2, 0.25) is 5.02 Å². The minimum absolute atomic E-state index is 0.586. The number of hydrogen-bond acceptors (Lipinski definition) is 4. The Bertz CT molecular complexity index is 501. The number of halogens is 2. The van der Waals surface area contributed by atoms with E-state index in [1.165, 1.54) is 11.3 Å². The summed E-state index contributed by atoms with van der Waals surface area (Å²) in [7, 11) is 0. The minimum atomic E-state index is 0.586. The van der Waals surface area contributed by atoms with Crippen LogP contribution in [0.25, 0.3) is 10.6 Å². The molecule has 0 spiro atoms. The van der Waals surface area contributed by atoms with E-state index >= 15 is 0 Å². The van der Waals surface area contributed by atoms with Gasteiger partial charge in [-0.3, -0.25) is 0 Å². The predicted octanol–water partition coefficient (Wildman–Crippen LogP) is 3.12. The Morgan fingerprint density at radius 1 is 1.38 bits per heavy atom. The number of benzene rings is 1. The molecule has 84 valence electrons. The maximum atomic E-state index is 6.13. The molecule has 6 heteroatoms. The number of aromatic nitrogens is 2. The molecule has 0 aliphatic heterocycles. The predicted molar refractivity (Wildman–Crippen MR) is 70.8 cm³/mol. The van der Waals surface area contributed by atoms with Crippen LogP contribution >= 0.6 is 38.9 Å². The van der Waals surface area contributed by atoms with E-state index in [0.29, 0.717) is 11.6 Å². The molecular formula is C10H9BrClN3S. The Balaban J connectivity index is 2.35. The number of rotatable bonds is 3. The Labute approximate surface area is 111 Å². The van der Waals surface area contributed by atoms with E-state index in [0.717, 1.165) is 26.5 Å². The van der Waals surface area contributed by atoms with Crippen molar-refractivity contribution in [2.24, 2.45) is 5.73 Å². The van der Waals surface area contributed by atoms with Gasteiger partial charge in [0.2, 0.25) is 0 Å². The molecule has 0 aliphatic carbocycles. The van der Waals surface area contributed by atoms with Crippen molar-refractivity contribution in [1.29, 1.82) is 0 Å². The van der Waals surface area contributed by atoms with Crippen LogP contribution in [-0.2, 0) is 6.42 Å². The first-order chi connectivity index (χ1) is 7.70. The largest absolute Gasteiger partial charge is 0.330 e. The first kappa shape index (κ1) is 12.0. The van der Waals surface area contributed by atoms with Crippen molar-refractivity contribution in [2.75, 3.05) is 6.54 Å². The molecule has 2 N–H and O–H groups in total. The topological polar surface area (TPSA) is 51.8 Å². The molecule has 0 unspecified atom stereocenters. The van der Waals surface area contributed by atoms with Crippen LogP contribution in [0.4, 0.5) is 0 Å². The average Bonchev–Trinajstić information content (AvgIpc) is 2.67. The molecule has 0 radical (unpaired) electrons. The summed E-state index contributed by atoms with van der Waals surface area (Å²) in [6, 6.07) is 5.71. The summed E-state index contributed by atoms with van der Waals surface area (Å²) in [5.41, 5.74) is 6.37. The standard InChI is InChI=1S/C10H9BrClN3S/c11-6-1-2-7(8(12)5-6)10-15-14-9(16-10)3-4-13/h1-2,5H,3-4,13H2. The lowest BCUT2D eigenvalue weighted by Gasteiger charge is -1.99. The Hall–Kier alpha value is -0.490. The highest BCUT2D eigenvalue weighted by Crippen LogP contribution is 2.32. The van der Waals surface area contributed by atoms with Crippen molar-refractivity contribution in [3.63, 3.8) is 0 Å². The molecule has 3 nitrogen and oxygen atoms in total. The molecule has 0 saturated carbocycles. The van der Waals surface area contributed by atoms with E-state index in [9.17, 15) is 0 Å². The summed E-state index contributed by atoms with van der Waals surface area (Å²) < 4.78 is 0.952. The molecule has 2 rings (SSSR count). The zero-order valence-electron chi connectivity index (χ0n) is 8.28. The van der Waals surface area contributed by atoms with Gasteiger partial charge in [-0.15, -0.1) is 10.2 Å². The zero-order chi connectivity index (χ0) is 11.5. The lowest BCUT2D eigenvalue weighted by Crippen LogP contribution is -2.01. The Morgan fingerprint density at radius 2 is 2.19 bits per heavy atom. The zero-order valence-corrected chi connectivity index (χ0v) is 11.4. The summed E-state index contributed by atoms with van der Waals surface area (Å²) in [5.74, 6) is 0. The van der Waals surface area contributed by atoms with Gasteiger partial charge in [-0.1, -0.05) is 38.9 Å². The second-order valence-electron chi connectivity index (χ2n) is 3.16. The van der Waals surface area contributed by atoms with Crippen molar-refractivity contribution < 1.29 is 0 Å². The van der Waals surface area contributed by atoms with Gasteiger partial charge in [0.05, 0.1) is 5.02 Å². The van der Waals surface area contributed by atoms with E-state index < -0.39 is 0 Å². The molecule has 16 heavy (non-hydrogen) atoms. The summed E-state index contributed by atoms with van der Waals surface area (Å²) in [4.78, 5) is 0. The monoisotopic (exact) mass is 317 g/mol. The van der Waals surface area contributed by atoms with Crippen LogP contribution in [0.3, 0.4) is 0 Å². The van der Waals surface area contributed by atoms with Crippen LogP contribution in [0, 0.1) is 0 Å².